The van der Waals surface area contributed by atoms with Crippen molar-refractivity contribution in [3.63, 3.8) is 0 Å². The normalized spacial score (nSPS) is 15.3. The van der Waals surface area contributed by atoms with Crippen molar-refractivity contribution in [2.45, 2.75) is 6.92 Å². The fourth-order valence-corrected chi connectivity index (χ4v) is 3.25. The minimum atomic E-state index is -0.307. The smallest absolute Gasteiger partial charge is 0.293 e. The molecule has 7 heteroatoms. The molecular formula is C20H18N2O4S. The standard InChI is InChI=1S/C20H18N2O4S/c1-13-4-3-5-15(10-13)21-18(23)12-26-16-8-6-14(7-9-16)11-17-19(24)22(2)20(25)27-17/h3-11H,12H2,1-2H3,(H,21,23)/b17-11+. The van der Waals surface area contributed by atoms with E-state index >= 15 is 0 Å². The first-order valence-corrected chi connectivity index (χ1v) is 9.05. The van der Waals surface area contributed by atoms with E-state index in [0.717, 1.165) is 33.5 Å². The number of carbonyl (C=O) groups is 3. The first-order valence-electron chi connectivity index (χ1n) is 8.23. The topological polar surface area (TPSA) is 75.7 Å². The fourth-order valence-electron chi connectivity index (χ4n) is 2.43. The van der Waals surface area contributed by atoms with Gasteiger partial charge in [-0.05, 0) is 60.2 Å². The number of rotatable bonds is 5. The molecule has 6 nitrogen and oxygen atoms in total. The molecule has 0 bridgehead atoms. The van der Waals surface area contributed by atoms with Crippen LogP contribution in [0.3, 0.4) is 0 Å². The molecule has 1 fully saturated rings. The number of benzene rings is 2. The van der Waals surface area contributed by atoms with E-state index in [4.69, 9.17) is 4.74 Å². The number of nitrogens with zero attached hydrogens (tertiary/aromatic N) is 1. The monoisotopic (exact) mass is 382 g/mol. The number of thioether (sulfide) groups is 1. The number of anilines is 1. The fraction of sp³-hybridized carbons (Fsp3) is 0.150. The number of carbonyl (C=O) groups excluding carboxylic acids is 3. The van der Waals surface area contributed by atoms with Crippen LogP contribution in [0.1, 0.15) is 11.1 Å². The van der Waals surface area contributed by atoms with Crippen LogP contribution < -0.4 is 10.1 Å². The minimum absolute atomic E-state index is 0.109. The van der Waals surface area contributed by atoms with Gasteiger partial charge < -0.3 is 10.1 Å². The summed E-state index contributed by atoms with van der Waals surface area (Å²) in [5, 5.41) is 2.49. The SMILES string of the molecule is Cc1cccc(NC(=O)COc2ccc(/C=C3/SC(=O)N(C)C3=O)cc2)c1. The number of ether oxygens (including phenoxy) is 1. The summed E-state index contributed by atoms with van der Waals surface area (Å²) >= 11 is 0.911. The maximum atomic E-state index is 12.0. The second kappa shape index (κ2) is 8.09. The molecular weight excluding hydrogens is 364 g/mol. The highest BCUT2D eigenvalue weighted by Gasteiger charge is 2.31. The number of hydrogen-bond donors (Lipinski definition) is 1. The van der Waals surface area contributed by atoms with E-state index in [2.05, 4.69) is 5.32 Å². The van der Waals surface area contributed by atoms with Gasteiger partial charge in [-0.2, -0.15) is 0 Å². The molecule has 2 aromatic carbocycles. The van der Waals surface area contributed by atoms with Crippen LogP contribution in [0.5, 0.6) is 5.75 Å². The van der Waals surface area contributed by atoms with Gasteiger partial charge in [0.1, 0.15) is 5.75 Å². The Hall–Kier alpha value is -3.06. The second-order valence-corrected chi connectivity index (χ2v) is 7.01. The maximum absolute atomic E-state index is 12.0. The first-order chi connectivity index (χ1) is 12.9. The van der Waals surface area contributed by atoms with E-state index in [-0.39, 0.29) is 23.7 Å². The molecule has 138 valence electrons. The Kier molecular flexibility index (Phi) is 5.61. The molecule has 0 radical (unpaired) electrons. The van der Waals surface area contributed by atoms with E-state index in [1.54, 1.807) is 30.3 Å². The Morgan fingerprint density at radius 1 is 1.19 bits per heavy atom. The average Bonchev–Trinajstić information content (AvgIpc) is 2.88. The Labute approximate surface area is 161 Å². The molecule has 0 atom stereocenters. The Morgan fingerprint density at radius 2 is 1.93 bits per heavy atom. The number of amides is 3. The van der Waals surface area contributed by atoms with Crippen LogP contribution in [0.15, 0.2) is 53.4 Å². The minimum Gasteiger partial charge on any atom is -0.484 e. The van der Waals surface area contributed by atoms with Crippen molar-refractivity contribution in [1.82, 2.24) is 4.90 Å². The molecule has 0 unspecified atom stereocenters. The lowest BCUT2D eigenvalue weighted by Crippen LogP contribution is -2.22. The average molecular weight is 382 g/mol. The highest BCUT2D eigenvalue weighted by atomic mass is 32.2. The Morgan fingerprint density at radius 3 is 2.56 bits per heavy atom. The third-order valence-corrected chi connectivity index (χ3v) is 4.80. The van der Waals surface area contributed by atoms with E-state index < -0.39 is 0 Å². The van der Waals surface area contributed by atoms with E-state index in [9.17, 15) is 14.4 Å². The molecule has 0 saturated carbocycles. The van der Waals surface area contributed by atoms with Crippen LogP contribution in [0, 0.1) is 6.92 Å². The van der Waals surface area contributed by atoms with Crippen LogP contribution in [0.2, 0.25) is 0 Å². The third kappa shape index (κ3) is 4.77. The molecule has 3 rings (SSSR count). The van der Waals surface area contributed by atoms with Crippen molar-refractivity contribution in [1.29, 1.82) is 0 Å². The molecule has 1 saturated heterocycles. The van der Waals surface area contributed by atoms with Gasteiger partial charge >= 0.3 is 0 Å². The van der Waals surface area contributed by atoms with Crippen molar-refractivity contribution in [2.75, 3.05) is 19.0 Å². The molecule has 1 aliphatic rings. The molecule has 1 aliphatic heterocycles. The second-order valence-electron chi connectivity index (χ2n) is 6.02. The van der Waals surface area contributed by atoms with Crippen LogP contribution in [-0.4, -0.2) is 35.6 Å². The lowest BCUT2D eigenvalue weighted by molar-refractivity contribution is -0.121. The largest absolute Gasteiger partial charge is 0.484 e. The van der Waals surface area contributed by atoms with Gasteiger partial charge in [0.25, 0.3) is 17.1 Å². The lowest BCUT2D eigenvalue weighted by Gasteiger charge is -2.08. The van der Waals surface area contributed by atoms with Gasteiger partial charge in [0.15, 0.2) is 6.61 Å². The van der Waals surface area contributed by atoms with Gasteiger partial charge in [-0.15, -0.1) is 0 Å². The molecule has 0 spiro atoms. The highest BCUT2D eigenvalue weighted by molar-refractivity contribution is 8.18. The molecule has 0 aliphatic carbocycles. The van der Waals surface area contributed by atoms with Gasteiger partial charge in [-0.25, -0.2) is 0 Å². The quantitative estimate of drug-likeness (QED) is 0.799. The number of aryl methyl sites for hydroxylation is 1. The van der Waals surface area contributed by atoms with Crippen molar-refractivity contribution in [2.24, 2.45) is 0 Å². The zero-order chi connectivity index (χ0) is 19.4. The summed E-state index contributed by atoms with van der Waals surface area (Å²) in [4.78, 5) is 36.8. The summed E-state index contributed by atoms with van der Waals surface area (Å²) in [6, 6.07) is 14.5. The highest BCUT2D eigenvalue weighted by Crippen LogP contribution is 2.31. The molecule has 3 amide bonds. The molecule has 1 N–H and O–H groups in total. The van der Waals surface area contributed by atoms with Crippen molar-refractivity contribution >= 4 is 40.6 Å². The lowest BCUT2D eigenvalue weighted by atomic mass is 10.2. The van der Waals surface area contributed by atoms with Gasteiger partial charge in [0, 0.05) is 12.7 Å². The van der Waals surface area contributed by atoms with Gasteiger partial charge in [-0.3, -0.25) is 19.3 Å². The number of hydrogen-bond acceptors (Lipinski definition) is 5. The summed E-state index contributed by atoms with van der Waals surface area (Å²) in [6.45, 7) is 1.84. The van der Waals surface area contributed by atoms with Crippen molar-refractivity contribution in [3.8, 4) is 5.75 Å². The van der Waals surface area contributed by atoms with E-state index in [1.807, 2.05) is 31.2 Å². The van der Waals surface area contributed by atoms with Crippen molar-refractivity contribution in [3.05, 3.63) is 64.6 Å². The van der Waals surface area contributed by atoms with Crippen LogP contribution in [-0.2, 0) is 9.59 Å². The van der Waals surface area contributed by atoms with E-state index in [0.29, 0.717) is 10.7 Å². The third-order valence-electron chi connectivity index (χ3n) is 3.84. The molecule has 1 heterocycles. The van der Waals surface area contributed by atoms with Gasteiger partial charge in [-0.1, -0.05) is 24.3 Å². The van der Waals surface area contributed by atoms with Crippen LogP contribution in [0.4, 0.5) is 10.5 Å². The summed E-state index contributed by atoms with van der Waals surface area (Å²) < 4.78 is 5.48. The molecule has 27 heavy (non-hydrogen) atoms. The van der Waals surface area contributed by atoms with Crippen LogP contribution >= 0.6 is 11.8 Å². The predicted octanol–water partition coefficient (Wildman–Crippen LogP) is 3.68. The van der Waals surface area contributed by atoms with Crippen molar-refractivity contribution < 1.29 is 19.1 Å². The maximum Gasteiger partial charge on any atom is 0.293 e. The van der Waals surface area contributed by atoms with Gasteiger partial charge in [0.05, 0.1) is 4.91 Å². The predicted molar refractivity (Wildman–Crippen MR) is 105 cm³/mol. The molecule has 0 aromatic heterocycles. The number of likely N-dealkylation sites (N-methyl/N-ethyl adjacent to an activating group) is 1. The Balaban J connectivity index is 1.56. The van der Waals surface area contributed by atoms with Crippen LogP contribution in [0.25, 0.3) is 6.08 Å². The Bertz CT molecular complexity index is 922. The summed E-state index contributed by atoms with van der Waals surface area (Å²) in [5.74, 6) is -0.0189. The number of imide groups is 1. The van der Waals surface area contributed by atoms with E-state index in [1.165, 1.54) is 7.05 Å². The summed E-state index contributed by atoms with van der Waals surface area (Å²) in [7, 11) is 1.46. The number of nitrogens with one attached hydrogen (secondary N) is 1. The summed E-state index contributed by atoms with van der Waals surface area (Å²) in [6.07, 6.45) is 1.66. The zero-order valence-electron chi connectivity index (χ0n) is 14.9. The molecule has 2 aromatic rings. The first kappa shape index (κ1) is 18.7. The zero-order valence-corrected chi connectivity index (χ0v) is 15.7. The summed E-state index contributed by atoms with van der Waals surface area (Å²) in [5.41, 5.74) is 2.56. The van der Waals surface area contributed by atoms with Gasteiger partial charge in [0.2, 0.25) is 0 Å².